The van der Waals surface area contributed by atoms with Crippen molar-refractivity contribution >= 4 is 5.69 Å². The van der Waals surface area contributed by atoms with E-state index in [2.05, 4.69) is 17.5 Å². The van der Waals surface area contributed by atoms with Crippen LogP contribution in [0.5, 0.6) is 0 Å². The summed E-state index contributed by atoms with van der Waals surface area (Å²) in [5.74, 6) is -4.28. The molecule has 5 heteroatoms. The van der Waals surface area contributed by atoms with Gasteiger partial charge in [0, 0.05) is 12.6 Å². The monoisotopic (exact) mass is 271 g/mol. The van der Waals surface area contributed by atoms with Gasteiger partial charge in [0.2, 0.25) is 0 Å². The van der Waals surface area contributed by atoms with E-state index in [4.69, 9.17) is 0 Å². The van der Waals surface area contributed by atoms with E-state index in [1.54, 1.807) is 0 Å². The first kappa shape index (κ1) is 12.5. The predicted octanol–water partition coefficient (Wildman–Crippen LogP) is 3.87. The van der Waals surface area contributed by atoms with Crippen molar-refractivity contribution in [1.29, 1.82) is 0 Å². The minimum Gasteiger partial charge on any atom is -0.380 e. The van der Waals surface area contributed by atoms with Gasteiger partial charge in [-0.15, -0.1) is 0 Å². The number of hydrogen-bond acceptors (Lipinski definition) is 1. The van der Waals surface area contributed by atoms with E-state index < -0.39 is 29.0 Å². The molecule has 0 spiro atoms. The van der Waals surface area contributed by atoms with Gasteiger partial charge in [-0.05, 0) is 30.6 Å². The Hall–Kier alpha value is -1.52. The van der Waals surface area contributed by atoms with E-state index in [9.17, 15) is 17.6 Å². The molecule has 0 amide bonds. The smallest absolute Gasteiger partial charge is 0.185 e. The summed E-state index contributed by atoms with van der Waals surface area (Å²) in [6.45, 7) is 0.322. The summed E-state index contributed by atoms with van der Waals surface area (Å²) in [5.41, 5.74) is -0.704. The zero-order valence-electron chi connectivity index (χ0n) is 10.1. The topological polar surface area (TPSA) is 12.0 Å². The molecule has 102 valence electrons. The molecule has 2 aliphatic rings. The highest BCUT2D eigenvalue weighted by Crippen LogP contribution is 2.43. The quantitative estimate of drug-likeness (QED) is 0.500. The van der Waals surface area contributed by atoms with Gasteiger partial charge in [-0.2, -0.15) is 0 Å². The van der Waals surface area contributed by atoms with Crippen LogP contribution in [0.15, 0.2) is 18.2 Å². The zero-order valence-corrected chi connectivity index (χ0v) is 10.1. The second-order valence-corrected chi connectivity index (χ2v) is 5.26. The maximum Gasteiger partial charge on any atom is 0.185 e. The van der Waals surface area contributed by atoms with Crippen molar-refractivity contribution in [3.05, 3.63) is 41.5 Å². The first-order valence-electron chi connectivity index (χ1n) is 6.31. The Kier molecular flexibility index (Phi) is 2.99. The Morgan fingerprint density at radius 2 is 1.68 bits per heavy atom. The summed E-state index contributed by atoms with van der Waals surface area (Å²) < 4.78 is 53.0. The van der Waals surface area contributed by atoms with Gasteiger partial charge in [0.15, 0.2) is 23.3 Å². The normalized spacial score (nSPS) is 28.1. The lowest BCUT2D eigenvalue weighted by atomic mass is 9.93. The lowest BCUT2D eigenvalue weighted by Crippen LogP contribution is -2.20. The van der Waals surface area contributed by atoms with Crippen LogP contribution in [-0.4, -0.2) is 6.54 Å². The summed E-state index contributed by atoms with van der Waals surface area (Å²) in [4.78, 5) is 0. The third-order valence-corrected chi connectivity index (χ3v) is 4.07. The van der Waals surface area contributed by atoms with Crippen LogP contribution in [0.2, 0.25) is 0 Å². The molecule has 0 aromatic heterocycles. The Labute approximate surface area is 108 Å². The van der Waals surface area contributed by atoms with Gasteiger partial charge < -0.3 is 5.32 Å². The van der Waals surface area contributed by atoms with Crippen LogP contribution >= 0.6 is 0 Å². The molecule has 3 atom stereocenters. The molecule has 1 aromatic carbocycles. The predicted molar refractivity (Wildman–Crippen MR) is 63.6 cm³/mol. The molecule has 0 aliphatic heterocycles. The fourth-order valence-electron chi connectivity index (χ4n) is 3.09. The van der Waals surface area contributed by atoms with Gasteiger partial charge in [0.05, 0.1) is 0 Å². The highest BCUT2D eigenvalue weighted by molar-refractivity contribution is 5.47. The van der Waals surface area contributed by atoms with Gasteiger partial charge in [0.25, 0.3) is 0 Å². The van der Waals surface area contributed by atoms with Crippen LogP contribution in [0.25, 0.3) is 0 Å². The Bertz CT molecular complexity index is 514. The second-order valence-electron chi connectivity index (χ2n) is 5.26. The summed E-state index contributed by atoms with van der Waals surface area (Å²) >= 11 is 0. The van der Waals surface area contributed by atoms with E-state index in [1.807, 2.05) is 0 Å². The average Bonchev–Trinajstić information content (AvgIpc) is 2.98. The molecule has 0 heterocycles. The maximum absolute atomic E-state index is 13.4. The minimum absolute atomic E-state index is 0.218. The van der Waals surface area contributed by atoms with E-state index in [0.29, 0.717) is 18.4 Å². The largest absolute Gasteiger partial charge is 0.380 e. The first-order chi connectivity index (χ1) is 9.06. The number of anilines is 1. The van der Waals surface area contributed by atoms with Crippen molar-refractivity contribution in [2.45, 2.75) is 12.8 Å². The van der Waals surface area contributed by atoms with Crippen LogP contribution in [0.1, 0.15) is 12.8 Å². The minimum atomic E-state index is -1.38. The van der Waals surface area contributed by atoms with Gasteiger partial charge in [-0.3, -0.25) is 0 Å². The third kappa shape index (κ3) is 2.11. The first-order valence-corrected chi connectivity index (χ1v) is 6.31. The van der Waals surface area contributed by atoms with Crippen molar-refractivity contribution in [1.82, 2.24) is 0 Å². The summed E-state index contributed by atoms with van der Waals surface area (Å²) in [5, 5.41) is 2.53. The lowest BCUT2D eigenvalue weighted by molar-refractivity contribution is 0.447. The summed E-state index contributed by atoms with van der Waals surface area (Å²) in [6.07, 6.45) is 6.29. The highest BCUT2D eigenvalue weighted by atomic mass is 19.2. The molecule has 1 saturated carbocycles. The molecule has 1 nitrogen and oxygen atoms in total. The van der Waals surface area contributed by atoms with Gasteiger partial charge in [0.1, 0.15) is 5.69 Å². The average molecular weight is 271 g/mol. The standard InChI is InChI=1S/C14H13F4N/c15-10-5-11(16)13(18)14(12(10)17)19-6-9-4-7-1-2-8(9)3-7/h1-2,5,7-9,19H,3-4,6H2. The van der Waals surface area contributed by atoms with E-state index in [0.717, 1.165) is 12.8 Å². The van der Waals surface area contributed by atoms with Crippen molar-refractivity contribution in [2.24, 2.45) is 17.8 Å². The molecule has 2 bridgehead atoms. The van der Waals surface area contributed by atoms with Crippen molar-refractivity contribution < 1.29 is 17.6 Å². The van der Waals surface area contributed by atoms with Crippen molar-refractivity contribution in [3.63, 3.8) is 0 Å². The number of rotatable bonds is 3. The van der Waals surface area contributed by atoms with Gasteiger partial charge in [-0.25, -0.2) is 17.6 Å². The molecule has 1 fully saturated rings. The summed E-state index contributed by atoms with van der Waals surface area (Å²) in [7, 11) is 0. The Balaban J connectivity index is 1.75. The summed E-state index contributed by atoms with van der Waals surface area (Å²) in [6, 6.07) is 0.218. The number of nitrogens with one attached hydrogen (secondary N) is 1. The second kappa shape index (κ2) is 4.54. The van der Waals surface area contributed by atoms with Crippen LogP contribution in [0, 0.1) is 41.0 Å². The third-order valence-electron chi connectivity index (χ3n) is 4.07. The molecule has 1 aromatic rings. The van der Waals surface area contributed by atoms with Gasteiger partial charge >= 0.3 is 0 Å². The SMILES string of the molecule is Fc1cc(F)c(F)c(NCC2CC3C=CC2C3)c1F. The van der Waals surface area contributed by atoms with E-state index >= 15 is 0 Å². The number of benzene rings is 1. The molecule has 2 aliphatic carbocycles. The van der Waals surface area contributed by atoms with E-state index in [1.165, 1.54) is 0 Å². The van der Waals surface area contributed by atoms with Gasteiger partial charge in [-0.1, -0.05) is 12.2 Å². The lowest BCUT2D eigenvalue weighted by Gasteiger charge is -2.19. The molecule has 3 rings (SSSR count). The van der Waals surface area contributed by atoms with E-state index in [-0.39, 0.29) is 12.0 Å². The highest BCUT2D eigenvalue weighted by Gasteiger charge is 2.35. The molecular weight excluding hydrogens is 258 g/mol. The van der Waals surface area contributed by atoms with Crippen LogP contribution < -0.4 is 5.32 Å². The maximum atomic E-state index is 13.4. The molecule has 19 heavy (non-hydrogen) atoms. The molecular formula is C14H13F4N. The van der Waals surface area contributed by atoms with Crippen LogP contribution in [0.4, 0.5) is 23.2 Å². The molecule has 0 saturated heterocycles. The fraction of sp³-hybridized carbons (Fsp3) is 0.429. The fourth-order valence-corrected chi connectivity index (χ4v) is 3.09. The molecule has 3 unspecified atom stereocenters. The molecule has 1 N–H and O–H groups in total. The number of hydrogen-bond donors (Lipinski definition) is 1. The van der Waals surface area contributed by atoms with Crippen LogP contribution in [0.3, 0.4) is 0 Å². The van der Waals surface area contributed by atoms with Crippen molar-refractivity contribution in [3.8, 4) is 0 Å². The molecule has 0 radical (unpaired) electrons. The Morgan fingerprint density at radius 1 is 1.00 bits per heavy atom. The number of fused-ring (bicyclic) bond motifs is 2. The Morgan fingerprint density at radius 3 is 2.21 bits per heavy atom. The van der Waals surface area contributed by atoms with Crippen molar-refractivity contribution in [2.75, 3.05) is 11.9 Å². The van der Waals surface area contributed by atoms with Crippen LogP contribution in [-0.2, 0) is 0 Å². The number of allylic oxidation sites excluding steroid dienone is 2. The zero-order chi connectivity index (χ0) is 13.6. The number of halogens is 4.